The molecular weight excluding hydrogens is 304 g/mol. The number of benzene rings is 1. The summed E-state index contributed by atoms with van der Waals surface area (Å²) >= 11 is 0. The minimum atomic E-state index is -1.10. The molecule has 1 unspecified atom stereocenters. The number of carbonyl (C=O) groups is 1. The smallest absolute Gasteiger partial charge is 0.331 e. The average molecular weight is 328 g/mol. The molecule has 0 bridgehead atoms. The van der Waals surface area contributed by atoms with Crippen molar-refractivity contribution < 1.29 is 14.6 Å². The number of aliphatic carboxylic acids is 1. The van der Waals surface area contributed by atoms with Gasteiger partial charge in [-0.1, -0.05) is 25.0 Å². The summed E-state index contributed by atoms with van der Waals surface area (Å²) in [6, 6.07) is 9.75. The van der Waals surface area contributed by atoms with E-state index < -0.39 is 16.9 Å². The van der Waals surface area contributed by atoms with E-state index in [1.807, 2.05) is 38.1 Å². The fourth-order valence-electron chi connectivity index (χ4n) is 3.87. The number of hydrogen-bond donors (Lipinski definition) is 2. The van der Waals surface area contributed by atoms with Crippen LogP contribution in [-0.2, 0) is 14.9 Å². The molecule has 1 aliphatic carbocycles. The lowest BCUT2D eigenvalue weighted by Crippen LogP contribution is -2.48. The molecule has 5 nitrogen and oxygen atoms in total. The number of ether oxygens (including phenoxy) is 1. The Kier molecular flexibility index (Phi) is 4.05. The number of nitrogens with zero attached hydrogens (tertiary/aromatic N) is 1. The monoisotopic (exact) mass is 328 g/mol. The Morgan fingerprint density at radius 3 is 2.71 bits per heavy atom. The number of rotatable bonds is 4. The first-order chi connectivity index (χ1) is 11.3. The Morgan fingerprint density at radius 2 is 2.08 bits per heavy atom. The maximum Gasteiger partial charge on any atom is 0.331 e. The van der Waals surface area contributed by atoms with Crippen LogP contribution in [0, 0.1) is 11.3 Å². The van der Waals surface area contributed by atoms with Crippen LogP contribution in [0.4, 0.5) is 5.69 Å². The summed E-state index contributed by atoms with van der Waals surface area (Å²) in [4.78, 5) is 12.0. The molecule has 0 aromatic heterocycles. The third kappa shape index (κ3) is 2.87. The van der Waals surface area contributed by atoms with E-state index in [4.69, 9.17) is 4.74 Å². The molecule has 1 saturated heterocycles. The zero-order chi connectivity index (χ0) is 17.4. The lowest BCUT2D eigenvalue weighted by atomic mass is 9.85. The Hall–Kier alpha value is -2.06. The van der Waals surface area contributed by atoms with Crippen LogP contribution in [0.3, 0.4) is 0 Å². The highest BCUT2D eigenvalue weighted by atomic mass is 16.5. The zero-order valence-corrected chi connectivity index (χ0v) is 14.3. The maximum atomic E-state index is 12.0. The van der Waals surface area contributed by atoms with Crippen LogP contribution in [0.2, 0.25) is 0 Å². The molecule has 1 aromatic rings. The zero-order valence-electron chi connectivity index (χ0n) is 14.3. The van der Waals surface area contributed by atoms with E-state index in [9.17, 15) is 15.2 Å². The molecular formula is C19H24N2O3. The van der Waals surface area contributed by atoms with Crippen molar-refractivity contribution in [2.75, 3.05) is 11.9 Å². The van der Waals surface area contributed by atoms with Crippen LogP contribution in [0.5, 0.6) is 0 Å². The van der Waals surface area contributed by atoms with E-state index in [0.717, 1.165) is 36.9 Å². The molecule has 24 heavy (non-hydrogen) atoms. The highest BCUT2D eigenvalue weighted by molar-refractivity contribution is 5.84. The summed E-state index contributed by atoms with van der Waals surface area (Å²) in [5, 5.41) is 22.4. The number of carboxylic acid groups (broad SMARTS) is 1. The summed E-state index contributed by atoms with van der Waals surface area (Å²) < 4.78 is 5.97. The van der Waals surface area contributed by atoms with Crippen molar-refractivity contribution in [3.63, 3.8) is 0 Å². The van der Waals surface area contributed by atoms with E-state index in [2.05, 4.69) is 11.4 Å². The van der Waals surface area contributed by atoms with Gasteiger partial charge in [-0.05, 0) is 44.4 Å². The second kappa shape index (κ2) is 5.78. The predicted molar refractivity (Wildman–Crippen MR) is 90.8 cm³/mol. The SMILES string of the molecule is CC(C)(C#N)c1cccc(NC2(C(=O)O)COC3(CCCC3)C2)c1. The van der Waals surface area contributed by atoms with E-state index >= 15 is 0 Å². The van der Waals surface area contributed by atoms with Crippen molar-refractivity contribution in [2.45, 2.75) is 62.5 Å². The van der Waals surface area contributed by atoms with Crippen molar-refractivity contribution in [1.29, 1.82) is 5.26 Å². The molecule has 1 aliphatic heterocycles. The Bertz CT molecular complexity index is 686. The minimum Gasteiger partial charge on any atom is -0.479 e. The summed E-state index contributed by atoms with van der Waals surface area (Å²) in [7, 11) is 0. The lowest BCUT2D eigenvalue weighted by Gasteiger charge is -2.28. The van der Waals surface area contributed by atoms with Crippen LogP contribution in [-0.4, -0.2) is 28.8 Å². The quantitative estimate of drug-likeness (QED) is 0.884. The lowest BCUT2D eigenvalue weighted by molar-refractivity contribution is -0.142. The fraction of sp³-hybridized carbons (Fsp3) is 0.579. The number of nitriles is 1. The third-order valence-electron chi connectivity index (χ3n) is 5.42. The molecule has 2 N–H and O–H groups in total. The fourth-order valence-corrected chi connectivity index (χ4v) is 3.87. The highest BCUT2D eigenvalue weighted by Gasteiger charge is 2.55. The van der Waals surface area contributed by atoms with Gasteiger partial charge in [-0.25, -0.2) is 4.79 Å². The molecule has 2 aliphatic rings. The first-order valence-electron chi connectivity index (χ1n) is 8.48. The van der Waals surface area contributed by atoms with Gasteiger partial charge < -0.3 is 15.2 Å². The van der Waals surface area contributed by atoms with Gasteiger partial charge in [-0.2, -0.15) is 5.26 Å². The minimum absolute atomic E-state index is 0.175. The van der Waals surface area contributed by atoms with Crippen LogP contribution >= 0.6 is 0 Å². The van der Waals surface area contributed by atoms with Crippen LogP contribution < -0.4 is 5.32 Å². The van der Waals surface area contributed by atoms with Gasteiger partial charge in [0.1, 0.15) is 0 Å². The topological polar surface area (TPSA) is 82.4 Å². The molecule has 0 radical (unpaired) electrons. The Balaban J connectivity index is 1.87. The molecule has 5 heteroatoms. The molecule has 3 rings (SSSR count). The maximum absolute atomic E-state index is 12.0. The van der Waals surface area contributed by atoms with Crippen molar-refractivity contribution >= 4 is 11.7 Å². The summed E-state index contributed by atoms with van der Waals surface area (Å²) in [6.45, 7) is 3.88. The van der Waals surface area contributed by atoms with Gasteiger partial charge in [-0.15, -0.1) is 0 Å². The first-order valence-corrected chi connectivity index (χ1v) is 8.48. The number of nitrogens with one attached hydrogen (secondary N) is 1. The molecule has 2 fully saturated rings. The summed E-state index contributed by atoms with van der Waals surface area (Å²) in [5.41, 5.74) is -0.413. The molecule has 1 spiro atoms. The van der Waals surface area contributed by atoms with Gasteiger partial charge in [0.05, 0.1) is 23.7 Å². The molecule has 1 aromatic carbocycles. The predicted octanol–water partition coefficient (Wildman–Crippen LogP) is 3.46. The van der Waals surface area contributed by atoms with Crippen molar-refractivity contribution in [3.05, 3.63) is 29.8 Å². The van der Waals surface area contributed by atoms with Gasteiger partial charge in [0, 0.05) is 12.1 Å². The number of anilines is 1. The summed E-state index contributed by atoms with van der Waals surface area (Å²) in [6.07, 6.45) is 4.56. The van der Waals surface area contributed by atoms with E-state index in [0.29, 0.717) is 6.42 Å². The van der Waals surface area contributed by atoms with Gasteiger partial charge in [0.2, 0.25) is 0 Å². The Morgan fingerprint density at radius 1 is 1.38 bits per heavy atom. The van der Waals surface area contributed by atoms with Crippen LogP contribution in [0.25, 0.3) is 0 Å². The van der Waals surface area contributed by atoms with E-state index in [1.165, 1.54) is 0 Å². The molecule has 1 atom stereocenters. The average Bonchev–Trinajstić information content (AvgIpc) is 3.16. The van der Waals surface area contributed by atoms with Crippen LogP contribution in [0.15, 0.2) is 24.3 Å². The highest BCUT2D eigenvalue weighted by Crippen LogP contribution is 2.46. The van der Waals surface area contributed by atoms with Gasteiger partial charge in [0.25, 0.3) is 0 Å². The van der Waals surface area contributed by atoms with E-state index in [1.54, 1.807) is 0 Å². The Labute approximate surface area is 142 Å². The first kappa shape index (κ1) is 16.8. The van der Waals surface area contributed by atoms with Crippen molar-refractivity contribution in [2.24, 2.45) is 0 Å². The molecule has 1 saturated carbocycles. The number of hydrogen-bond acceptors (Lipinski definition) is 4. The number of carboxylic acids is 1. The van der Waals surface area contributed by atoms with Gasteiger partial charge in [0.15, 0.2) is 5.54 Å². The standard InChI is InChI=1S/C19H24N2O3/c1-17(2,12-20)14-6-5-7-15(10-14)21-19(16(22)23)11-18(24-13-19)8-3-4-9-18/h5-7,10,21H,3-4,8-9,11,13H2,1-2H3,(H,22,23). The largest absolute Gasteiger partial charge is 0.479 e. The van der Waals surface area contributed by atoms with Crippen molar-refractivity contribution in [1.82, 2.24) is 0 Å². The molecule has 128 valence electrons. The third-order valence-corrected chi connectivity index (χ3v) is 5.42. The normalized spacial score (nSPS) is 25.5. The van der Waals surface area contributed by atoms with Crippen molar-refractivity contribution in [3.8, 4) is 6.07 Å². The van der Waals surface area contributed by atoms with Gasteiger partial charge >= 0.3 is 5.97 Å². The molecule has 1 heterocycles. The molecule has 0 amide bonds. The van der Waals surface area contributed by atoms with E-state index in [-0.39, 0.29) is 12.2 Å². The second-order valence-electron chi connectivity index (χ2n) is 7.69. The second-order valence-corrected chi connectivity index (χ2v) is 7.69. The van der Waals surface area contributed by atoms with Gasteiger partial charge in [-0.3, -0.25) is 0 Å². The summed E-state index contributed by atoms with van der Waals surface area (Å²) in [5.74, 6) is -0.878. The van der Waals surface area contributed by atoms with Crippen LogP contribution in [0.1, 0.15) is 51.5 Å².